The Bertz CT molecular complexity index is 3750. The number of H-pyrrole nitrogens is 4. The smallest absolute Gasteiger partial charge is 0.240 e. The number of hydrogen-bond acceptors (Lipinski definition) is 10. The van der Waals surface area contributed by atoms with Crippen molar-refractivity contribution in [1.29, 1.82) is 0 Å². The van der Waals surface area contributed by atoms with Crippen molar-refractivity contribution in [1.82, 2.24) is 55.4 Å². The van der Waals surface area contributed by atoms with Gasteiger partial charge in [-0.2, -0.15) is 10.2 Å². The summed E-state index contributed by atoms with van der Waals surface area (Å²) in [5, 5.41) is 41.1. The standard InChI is InChI=1S/C60H60N12O4/c1-3-35-28-42(73)10-14-44(35)39-8-12-46-51(30-39)67-69-55(46)57-62-32-53(65-57)37-18-22-71(23-19-37)59(75)48(61)27-34-6-5-7-41(26-34)49-16-17-50(64-49)60(76)72-24-20-38(21-25-72)54-33-63-58(66-54)56-47-13-9-40(31-52(47)68-70-56)45-15-11-43(74)29-36(45)4-2/h5-15,18,20,26,28-33,48-50,64,73-74H,3-4,16-17,19,21-25,27,61H2,1-2H3,(H,62,65)(H,63,66)(H,67,69)(H,68,70)/t48-,49?,50-/m0/s1. The lowest BCUT2D eigenvalue weighted by molar-refractivity contribution is -0.133. The molecule has 9 aromatic rings. The molecule has 0 radical (unpaired) electrons. The van der Waals surface area contributed by atoms with Crippen molar-refractivity contribution in [3.8, 4) is 56.8 Å². The quantitative estimate of drug-likeness (QED) is 0.0545. The fraction of sp³-hybridized carbons (Fsp3) is 0.267. The highest BCUT2D eigenvalue weighted by Gasteiger charge is 2.34. The number of nitrogens with one attached hydrogen (secondary N) is 5. The number of aryl methyl sites for hydroxylation is 2. The van der Waals surface area contributed by atoms with Gasteiger partial charge in [0.1, 0.15) is 22.9 Å². The molecule has 384 valence electrons. The van der Waals surface area contributed by atoms with Crippen molar-refractivity contribution in [2.45, 2.75) is 76.9 Å². The van der Waals surface area contributed by atoms with Gasteiger partial charge in [-0.15, -0.1) is 0 Å². The highest BCUT2D eigenvalue weighted by Crippen LogP contribution is 2.36. The van der Waals surface area contributed by atoms with Crippen LogP contribution in [0.5, 0.6) is 11.5 Å². The Hall–Kier alpha value is -8.60. The van der Waals surface area contributed by atoms with E-state index in [1.165, 1.54) is 0 Å². The molecule has 1 saturated heterocycles. The van der Waals surface area contributed by atoms with Gasteiger partial charge in [0.05, 0.1) is 34.5 Å². The van der Waals surface area contributed by atoms with E-state index in [4.69, 9.17) is 15.7 Å². The molecule has 9 N–H and O–H groups in total. The van der Waals surface area contributed by atoms with Crippen molar-refractivity contribution < 1.29 is 19.8 Å². The second-order valence-electron chi connectivity index (χ2n) is 20.3. The van der Waals surface area contributed by atoms with Gasteiger partial charge in [0, 0.05) is 55.4 Å². The predicted molar refractivity (Wildman–Crippen MR) is 296 cm³/mol. The second kappa shape index (κ2) is 20.3. The first kappa shape index (κ1) is 48.3. The molecule has 7 heterocycles. The Morgan fingerprint density at radius 3 is 1.79 bits per heavy atom. The van der Waals surface area contributed by atoms with Crippen molar-refractivity contribution in [3.05, 3.63) is 155 Å². The minimum absolute atomic E-state index is 0.0176. The lowest BCUT2D eigenvalue weighted by Crippen LogP contribution is -2.46. The summed E-state index contributed by atoms with van der Waals surface area (Å²) in [7, 11) is 0. The summed E-state index contributed by atoms with van der Waals surface area (Å²) < 4.78 is 0. The Labute approximate surface area is 439 Å². The van der Waals surface area contributed by atoms with Crippen molar-refractivity contribution in [2.24, 2.45) is 5.73 Å². The van der Waals surface area contributed by atoms with E-state index in [1.807, 2.05) is 58.6 Å². The third-order valence-corrected chi connectivity index (χ3v) is 15.6. The second-order valence-corrected chi connectivity index (χ2v) is 20.3. The first-order valence-electron chi connectivity index (χ1n) is 26.4. The zero-order valence-corrected chi connectivity index (χ0v) is 42.5. The van der Waals surface area contributed by atoms with Gasteiger partial charge in [0.2, 0.25) is 11.8 Å². The summed E-state index contributed by atoms with van der Waals surface area (Å²) in [6, 6.07) is 30.7. The van der Waals surface area contributed by atoms with Crippen LogP contribution in [-0.2, 0) is 28.9 Å². The molecular weight excluding hydrogens is 953 g/mol. The Morgan fingerprint density at radius 1 is 0.684 bits per heavy atom. The summed E-state index contributed by atoms with van der Waals surface area (Å²) in [6.45, 7) is 6.27. The number of aromatic amines is 4. The summed E-state index contributed by atoms with van der Waals surface area (Å²) in [4.78, 5) is 47.9. The summed E-state index contributed by atoms with van der Waals surface area (Å²) in [5.41, 5.74) is 22.2. The van der Waals surface area contributed by atoms with Gasteiger partial charge in [-0.3, -0.25) is 25.1 Å². The zero-order chi connectivity index (χ0) is 52.0. The number of amides is 2. The van der Waals surface area contributed by atoms with Gasteiger partial charge in [-0.1, -0.05) is 74.5 Å². The maximum Gasteiger partial charge on any atom is 0.240 e. The van der Waals surface area contributed by atoms with E-state index in [0.29, 0.717) is 57.1 Å². The summed E-state index contributed by atoms with van der Waals surface area (Å²) in [6.07, 6.45) is 12.9. The van der Waals surface area contributed by atoms with E-state index in [2.05, 4.69) is 110 Å². The first-order chi connectivity index (χ1) is 37.1. The van der Waals surface area contributed by atoms with Crippen LogP contribution in [0, 0.1) is 0 Å². The van der Waals surface area contributed by atoms with Crippen LogP contribution in [-0.4, -0.2) is 110 Å². The molecule has 3 atom stereocenters. The number of fused-ring (bicyclic) bond motifs is 2. The average molecular weight is 1010 g/mol. The van der Waals surface area contributed by atoms with Gasteiger partial charge >= 0.3 is 0 Å². The van der Waals surface area contributed by atoms with Gasteiger partial charge in [0.15, 0.2) is 11.6 Å². The molecule has 3 aliphatic rings. The number of imidazole rings is 2. The van der Waals surface area contributed by atoms with Gasteiger partial charge in [0.25, 0.3) is 0 Å². The molecular formula is C60H60N12O4. The molecule has 5 aromatic carbocycles. The van der Waals surface area contributed by atoms with E-state index in [1.54, 1.807) is 12.1 Å². The number of carbonyl (C=O) groups excluding carboxylic acids is 2. The number of rotatable bonds is 13. The van der Waals surface area contributed by atoms with Gasteiger partial charge in [-0.25, -0.2) is 9.97 Å². The number of aromatic nitrogens is 8. The molecule has 0 aliphatic carbocycles. The van der Waals surface area contributed by atoms with E-state index >= 15 is 0 Å². The topological polar surface area (TPSA) is 234 Å². The van der Waals surface area contributed by atoms with E-state index in [9.17, 15) is 19.8 Å². The average Bonchev–Trinajstić information content (AvgIpc) is 4.33. The van der Waals surface area contributed by atoms with E-state index < -0.39 is 6.04 Å². The van der Waals surface area contributed by atoms with Crippen molar-refractivity contribution >= 4 is 44.8 Å². The zero-order valence-electron chi connectivity index (χ0n) is 42.5. The molecule has 1 unspecified atom stereocenters. The molecule has 2 amide bonds. The van der Waals surface area contributed by atoms with Crippen LogP contribution in [0.3, 0.4) is 0 Å². The molecule has 12 rings (SSSR count). The van der Waals surface area contributed by atoms with Crippen LogP contribution in [0.15, 0.2) is 122 Å². The van der Waals surface area contributed by atoms with Crippen LogP contribution in [0.2, 0.25) is 0 Å². The first-order valence-corrected chi connectivity index (χ1v) is 26.4. The maximum atomic E-state index is 13.9. The number of phenolic OH excluding ortho intramolecular Hbond substituents is 2. The van der Waals surface area contributed by atoms with Gasteiger partial charge < -0.3 is 35.7 Å². The number of aromatic hydroxyl groups is 2. The molecule has 0 bridgehead atoms. The normalized spacial score (nSPS) is 17.4. The van der Waals surface area contributed by atoms with Crippen LogP contribution in [0.4, 0.5) is 0 Å². The molecule has 3 aliphatic heterocycles. The third kappa shape index (κ3) is 9.34. The SMILES string of the molecule is CCc1cc(O)ccc1-c1ccc2c(-c3nc(C4=CCN(C(=O)[C@@H]5CCC(c6cccc(C[C@H](N)C(=O)N7CC=C(c8c[nH]c(-c9n[nH]c%10cc(-c%11ccc(O)cc%11CC)ccc9%10)n8)CC7)c6)N5)CC4)c[nH]3)n[nH]c2c1. The Morgan fingerprint density at radius 2 is 1.25 bits per heavy atom. The van der Waals surface area contributed by atoms with Crippen molar-refractivity contribution in [3.63, 3.8) is 0 Å². The van der Waals surface area contributed by atoms with Gasteiger partial charge in [-0.05, 0) is 149 Å². The highest BCUT2D eigenvalue weighted by molar-refractivity contribution is 5.96. The maximum absolute atomic E-state index is 13.9. The fourth-order valence-corrected chi connectivity index (χ4v) is 11.4. The minimum atomic E-state index is -0.694. The van der Waals surface area contributed by atoms with Crippen LogP contribution < -0.4 is 11.1 Å². The number of hydrogen-bond donors (Lipinski definition) is 8. The highest BCUT2D eigenvalue weighted by atomic mass is 16.3. The monoisotopic (exact) mass is 1010 g/mol. The lowest BCUT2D eigenvalue weighted by Gasteiger charge is -2.29. The molecule has 4 aromatic heterocycles. The number of benzene rings is 5. The lowest BCUT2D eigenvalue weighted by atomic mass is 9.97. The molecule has 0 saturated carbocycles. The number of nitrogens with zero attached hydrogens (tertiary/aromatic N) is 6. The van der Waals surface area contributed by atoms with Crippen molar-refractivity contribution in [2.75, 3.05) is 26.2 Å². The molecule has 16 nitrogen and oxygen atoms in total. The largest absolute Gasteiger partial charge is 0.508 e. The molecule has 1 fully saturated rings. The number of nitrogens with two attached hydrogens (primary N) is 1. The predicted octanol–water partition coefficient (Wildman–Crippen LogP) is 9.38. The third-order valence-electron chi connectivity index (χ3n) is 15.6. The minimum Gasteiger partial charge on any atom is -0.508 e. The van der Waals surface area contributed by atoms with Crippen LogP contribution in [0.1, 0.15) is 79.2 Å². The number of carbonyl (C=O) groups is 2. The summed E-state index contributed by atoms with van der Waals surface area (Å²) in [5.74, 6) is 1.89. The number of phenols is 2. The van der Waals surface area contributed by atoms with E-state index in [0.717, 1.165) is 126 Å². The van der Waals surface area contributed by atoms with E-state index in [-0.39, 0.29) is 35.4 Å². The Kier molecular flexibility index (Phi) is 12.9. The molecule has 0 spiro atoms. The van der Waals surface area contributed by atoms with Crippen LogP contribution >= 0.6 is 0 Å². The molecule has 76 heavy (non-hydrogen) atoms. The Balaban J connectivity index is 0.627. The molecule has 16 heteroatoms. The summed E-state index contributed by atoms with van der Waals surface area (Å²) >= 11 is 0. The van der Waals surface area contributed by atoms with Crippen LogP contribution in [0.25, 0.3) is 78.2 Å². The fourth-order valence-electron chi connectivity index (χ4n) is 11.4.